The molecule has 3 N–H and O–H groups in total. The molecule has 4 atom stereocenters. The van der Waals surface area contributed by atoms with Crippen LogP contribution in [-0.2, 0) is 65.6 Å². The van der Waals surface area contributed by atoms with Crippen LogP contribution < -0.4 is 42.6 Å². The number of terminal acetylenes is 1. The van der Waals surface area contributed by atoms with Crippen LogP contribution >= 0.6 is 58.0 Å². The highest BCUT2D eigenvalue weighted by atomic mass is 35.5. The summed E-state index contributed by atoms with van der Waals surface area (Å²) in [5.74, 6) is 7.57. The minimum atomic E-state index is -3.17. The number of fused-ring (bicyclic) bond motifs is 4. The Kier molecular flexibility index (Phi) is 32.6. The fraction of sp³-hybridized carbons (Fsp3) is 0.457. The van der Waals surface area contributed by atoms with E-state index >= 15 is 0 Å². The largest absolute Gasteiger partial charge is 0.493 e. The Bertz CT molecular complexity index is 6850. The number of rotatable bonds is 37. The first-order chi connectivity index (χ1) is 65.8. The second kappa shape index (κ2) is 43.7. The Labute approximate surface area is 837 Å². The molecule has 8 aromatic carbocycles. The van der Waals surface area contributed by atoms with Crippen molar-refractivity contribution >= 4 is 120 Å². The molecule has 2 aromatic heterocycles. The lowest BCUT2D eigenvalue weighted by Crippen LogP contribution is -2.76. The highest BCUT2D eigenvalue weighted by molar-refractivity contribution is 7.90. The minimum absolute atomic E-state index is 0.102. The molecule has 2 aliphatic heterocycles. The third kappa shape index (κ3) is 24.9. The zero-order valence-corrected chi connectivity index (χ0v) is 86.0. The number of halogens is 5. The number of sulfonamides is 3. The van der Waals surface area contributed by atoms with E-state index in [1.165, 1.54) is 58.4 Å². The summed E-state index contributed by atoms with van der Waals surface area (Å²) < 4.78 is 140. The zero-order valence-electron chi connectivity index (χ0n) is 78.9. The van der Waals surface area contributed by atoms with Crippen molar-refractivity contribution in [3.63, 3.8) is 0 Å². The van der Waals surface area contributed by atoms with E-state index in [4.69, 9.17) is 92.8 Å². The maximum absolute atomic E-state index is 11.7. The second-order valence-electron chi connectivity index (χ2n) is 38.8. The van der Waals surface area contributed by atoms with E-state index in [1.54, 1.807) is 6.07 Å². The number of aryl methyl sites for hydroxylation is 2. The Morgan fingerprint density at radius 3 is 1.38 bits per heavy atom. The smallest absolute Gasteiger partial charge is 0.209 e. The molecule has 20 rings (SSSR count). The van der Waals surface area contributed by atoms with Crippen LogP contribution in [0.5, 0.6) is 34.5 Å². The number of hydrogen-bond acceptors (Lipinski definition) is 19. The summed E-state index contributed by atoms with van der Waals surface area (Å²) in [5, 5.41) is 32.9. The number of nitrogens with zero attached hydrogens (tertiary/aromatic N) is 7. The van der Waals surface area contributed by atoms with Gasteiger partial charge in [-0.15, -0.1) is 18.0 Å². The first-order valence-electron chi connectivity index (χ1n) is 47.2. The molecule has 0 amide bonds. The summed E-state index contributed by atoms with van der Waals surface area (Å²) in [6.07, 6.45) is 32.2. The number of nitrogens with one attached hydrogen (secondary N) is 3. The molecule has 732 valence electrons. The SMILES string of the molecule is C#Cc1cc(C2CCCc3cc(OCC45CC(NS(C)(=O)=O)(C4)C5)ccc32)cc(Cl)c1OCCCl.CCCOc1c(Cl)cc(-n2ccc3cc(CCN4CCC4CNS(C)(=O)=O)ccc32)cc1C#N.CCCOc1c(Cl)cc(-n2ccc3cc(CCN4CCCC(CS(C)(=O)=O)C4)ccc32)cc1C#N.CCCOc1c(Cl)cc(C2CCc3cc(OCC45CC(NS(C)(=O)=O)(C4)C5)ccc32)cc1C#N. The lowest BCUT2D eigenvalue weighted by molar-refractivity contribution is -0.162. The van der Waals surface area contributed by atoms with Gasteiger partial charge < -0.3 is 42.5 Å². The van der Waals surface area contributed by atoms with Crippen molar-refractivity contribution in [2.45, 2.75) is 172 Å². The Morgan fingerprint density at radius 2 is 0.935 bits per heavy atom. The van der Waals surface area contributed by atoms with Gasteiger partial charge in [0.25, 0.3) is 0 Å². The fourth-order valence-corrected chi connectivity index (χ4v) is 26.5. The van der Waals surface area contributed by atoms with Gasteiger partial charge in [-0.05, 0) is 288 Å². The highest BCUT2D eigenvalue weighted by Gasteiger charge is 2.70. The summed E-state index contributed by atoms with van der Waals surface area (Å²) in [5.41, 5.74) is 15.1. The van der Waals surface area contributed by atoms with Gasteiger partial charge in [0.1, 0.15) is 46.2 Å². The van der Waals surface area contributed by atoms with Crippen LogP contribution in [-0.4, -0.2) is 185 Å². The number of ether oxygens (including phenoxy) is 6. The van der Waals surface area contributed by atoms with Gasteiger partial charge in [0.2, 0.25) is 30.1 Å². The zero-order chi connectivity index (χ0) is 98.3. The average molecular weight is 2050 g/mol. The van der Waals surface area contributed by atoms with Crippen molar-refractivity contribution in [2.75, 3.05) is 116 Å². The van der Waals surface area contributed by atoms with Gasteiger partial charge in [-0.3, -0.25) is 4.90 Å². The Hall–Kier alpha value is -9.28. The third-order valence-corrected chi connectivity index (χ3v) is 32.1. The standard InChI is InChI=1S/C27H29Cl2NO4S.C27H32ClN3O3S.C26H29ClN2O4S.C25H29ClN4O3S/c1-3-18-11-20(13-24(29)25(18)33-10-9-28)22-6-4-5-19-12-21(7-8-23(19)22)34-17-26-14-27(15-26,16-26)30-35(2,31)32;1-3-13-34-27-23(17-29)15-24(16-25(27)28)31-12-9-22-14-20(6-7-26(22)31)8-11-30-10-4-5-21(18-30)19-35(2,32)33;1-3-8-32-24-19(12-28)9-18(11-23(24)27)22-6-4-17-10-20(5-7-21(17)22)33-16-25-13-26(14-25,15-25)29-34(2,30)31;1-3-12-33-25-20(16-27)14-22(15-23(25)26)30-11-7-19-13-18(4-5-24(19)30)6-9-29-10-8-21(29)17-28-34(2,31)32/h1,7-8,11-13,22,30H,4-6,9-10,14-17H2,2H3;6-7,9,12,14-16,21H,3-5,8,10-11,13,18-19H2,1-2H3;5,7,9-11,22,29H,3-4,6,8,13-16H2,1-2H3;4-5,7,11,13-15,21,28H,3,6,8-10,12,17H2,1-2H3. The van der Waals surface area contributed by atoms with Crippen molar-refractivity contribution in [1.82, 2.24) is 33.1 Å². The molecule has 4 unspecified atom stereocenters. The molecule has 4 bridgehead atoms. The fourth-order valence-electron chi connectivity index (χ4n) is 21.7. The van der Waals surface area contributed by atoms with Crippen LogP contribution in [0.4, 0.5) is 0 Å². The molecular weight excluding hydrogens is 1930 g/mol. The Morgan fingerprint density at radius 1 is 0.478 bits per heavy atom. The van der Waals surface area contributed by atoms with Crippen molar-refractivity contribution in [3.05, 3.63) is 233 Å². The van der Waals surface area contributed by atoms with Gasteiger partial charge in [-0.1, -0.05) is 97.4 Å². The topological polar surface area (TPSA) is 316 Å². The summed E-state index contributed by atoms with van der Waals surface area (Å²) in [6.45, 7) is 14.3. The first kappa shape index (κ1) is 103. The van der Waals surface area contributed by atoms with Crippen LogP contribution in [0.3, 0.4) is 0 Å². The number of piperidine rings is 1. The summed E-state index contributed by atoms with van der Waals surface area (Å²) in [7, 11) is -12.4. The van der Waals surface area contributed by atoms with Gasteiger partial charge in [0, 0.05) is 113 Å². The van der Waals surface area contributed by atoms with Crippen LogP contribution in [0.25, 0.3) is 33.2 Å². The molecule has 0 radical (unpaired) electrons. The third-order valence-electron chi connectivity index (χ3n) is 27.4. The maximum Gasteiger partial charge on any atom is 0.209 e. The van der Waals surface area contributed by atoms with Gasteiger partial charge in [0.05, 0.1) is 117 Å². The van der Waals surface area contributed by atoms with Crippen LogP contribution in [0.2, 0.25) is 20.1 Å². The van der Waals surface area contributed by atoms with Gasteiger partial charge in [-0.25, -0.2) is 47.8 Å². The van der Waals surface area contributed by atoms with E-state index in [0.717, 1.165) is 211 Å². The van der Waals surface area contributed by atoms with E-state index in [2.05, 4.69) is 121 Å². The summed E-state index contributed by atoms with van der Waals surface area (Å²) >= 11 is 31.7. The molecule has 24 nitrogen and oxygen atoms in total. The summed E-state index contributed by atoms with van der Waals surface area (Å²) in [4.78, 5) is 4.71. The quantitative estimate of drug-likeness (QED) is 0.0241. The maximum atomic E-state index is 11.7. The molecule has 4 heterocycles. The minimum Gasteiger partial charge on any atom is -0.493 e. The van der Waals surface area contributed by atoms with Crippen LogP contribution in [0.1, 0.15) is 196 Å². The highest BCUT2D eigenvalue weighted by Crippen LogP contribution is 2.68. The number of aromatic nitrogens is 2. The normalized spacial score (nSPS) is 21.7. The van der Waals surface area contributed by atoms with Crippen molar-refractivity contribution in [1.29, 1.82) is 15.8 Å². The molecule has 2 saturated heterocycles. The lowest BCUT2D eigenvalue weighted by Gasteiger charge is -2.69. The van der Waals surface area contributed by atoms with E-state index in [1.807, 2.05) is 96.9 Å². The van der Waals surface area contributed by atoms with Gasteiger partial charge >= 0.3 is 0 Å². The van der Waals surface area contributed by atoms with Crippen LogP contribution in [0, 0.1) is 63.1 Å². The number of nitriles is 3. The van der Waals surface area contributed by atoms with E-state index in [0.29, 0.717) is 117 Å². The van der Waals surface area contributed by atoms with Gasteiger partial charge in [-0.2, -0.15) is 15.8 Å². The molecule has 10 aliphatic rings. The van der Waals surface area contributed by atoms with E-state index < -0.39 is 39.9 Å². The molecule has 33 heteroatoms. The predicted octanol–water partition coefficient (Wildman–Crippen LogP) is 19.5. The van der Waals surface area contributed by atoms with Crippen LogP contribution in [0.15, 0.2) is 146 Å². The number of sulfone groups is 1. The number of likely N-dealkylation sites (tertiary alicyclic amines) is 2. The molecule has 10 aromatic rings. The molecule has 6 saturated carbocycles. The van der Waals surface area contributed by atoms with Crippen molar-refractivity contribution in [3.8, 4) is 76.4 Å². The lowest BCUT2D eigenvalue weighted by atomic mass is 9.40. The van der Waals surface area contributed by atoms with E-state index in [-0.39, 0.29) is 51.5 Å². The van der Waals surface area contributed by atoms with Crippen molar-refractivity contribution in [2.24, 2.45) is 16.7 Å². The van der Waals surface area contributed by atoms with Gasteiger partial charge in [0.15, 0.2) is 23.0 Å². The number of hydrogen-bond donors (Lipinski definition) is 3. The predicted molar refractivity (Wildman–Crippen MR) is 547 cm³/mol. The molecule has 8 aliphatic carbocycles. The first-order valence-corrected chi connectivity index (χ1v) is 57.0. The van der Waals surface area contributed by atoms with E-state index in [9.17, 15) is 49.5 Å². The average Bonchev–Trinajstić information content (AvgIpc) is 0.831. The molecule has 138 heavy (non-hydrogen) atoms. The molecule has 0 spiro atoms. The molecular formula is C105H119Cl5N10O14S4. The Balaban J connectivity index is 0.000000140. The second-order valence-corrected chi connectivity index (χ2v) is 48.3. The van der Waals surface area contributed by atoms with Crippen molar-refractivity contribution < 1.29 is 62.1 Å². The number of alkyl halides is 1. The number of benzene rings is 8. The molecule has 8 fully saturated rings. The monoisotopic (exact) mass is 2050 g/mol. The summed E-state index contributed by atoms with van der Waals surface area (Å²) in [6, 6.07) is 51.6.